The minimum absolute atomic E-state index is 0.114. The number of aliphatic hydroxyl groups excluding tert-OH is 1. The number of ketones is 1. The number of ether oxygens (including phenoxy) is 2. The van der Waals surface area contributed by atoms with Crippen LogP contribution in [0.5, 0.6) is 0 Å². The van der Waals surface area contributed by atoms with Crippen molar-refractivity contribution in [2.24, 2.45) is 81.3 Å². The quantitative estimate of drug-likeness (QED) is 0.241. The fourth-order valence-corrected chi connectivity index (χ4v) is 14.9. The lowest BCUT2D eigenvalue weighted by atomic mass is 9.59. The zero-order valence-corrected chi connectivity index (χ0v) is 32.3. The van der Waals surface area contributed by atoms with Crippen molar-refractivity contribution >= 4 is 17.7 Å². The normalized spacial score (nSPS) is 52.5. The maximum Gasteiger partial charge on any atom is 0.313 e. The monoisotopic (exact) mass is 704 g/mol. The van der Waals surface area contributed by atoms with Crippen LogP contribution in [0.25, 0.3) is 0 Å². The van der Waals surface area contributed by atoms with E-state index >= 15 is 4.79 Å². The van der Waals surface area contributed by atoms with Crippen LogP contribution in [-0.4, -0.2) is 62.6 Å². The molecular formula is C43H60O8. The average Bonchev–Trinajstić information content (AvgIpc) is 3.63. The molecule has 0 aromatic rings. The van der Waals surface area contributed by atoms with Crippen molar-refractivity contribution in [3.63, 3.8) is 0 Å². The number of carbonyl (C=O) groups is 3. The standard InChI is InChI=1S/C43H60O8/c1-20-11-27-12-21(2)14-29-32(28(27)13-20)23(4)17-40(33(29)38(40,7)8)37(47)51-43-34(39(43,9)10)30-16-26(19-44)18-41(48)31(15-22(3)35(41)46)42(30,49)24(5)36(43)50-25(6)45/h14-16,20,23-24,27-34,36,44,48-49H,11-13,17-19H2,1-10H3/t20?,23-,24-,27?,28-,29-,30+,31-,32?,33-,34+,36-,40?,41-,42-,43-/m1/s1. The molecule has 280 valence electrons. The van der Waals surface area contributed by atoms with E-state index in [-0.39, 0.29) is 30.3 Å². The summed E-state index contributed by atoms with van der Waals surface area (Å²) < 4.78 is 13.2. The lowest BCUT2D eigenvalue weighted by Crippen LogP contribution is -2.66. The van der Waals surface area contributed by atoms with Crippen LogP contribution >= 0.6 is 0 Å². The summed E-state index contributed by atoms with van der Waals surface area (Å²) in [6.07, 6.45) is 9.30. The van der Waals surface area contributed by atoms with Crippen molar-refractivity contribution in [3.05, 3.63) is 34.9 Å². The number of Topliss-reactive ketones (excluding diaryl/α,β-unsaturated/α-hetero) is 1. The van der Waals surface area contributed by atoms with E-state index in [0.717, 1.165) is 18.8 Å². The van der Waals surface area contributed by atoms with E-state index in [1.807, 2.05) is 19.9 Å². The van der Waals surface area contributed by atoms with E-state index in [2.05, 4.69) is 40.7 Å². The molecule has 3 N–H and O–H groups in total. The number of carbonyl (C=O) groups excluding carboxylic acids is 3. The third-order valence-corrected chi connectivity index (χ3v) is 16.9. The summed E-state index contributed by atoms with van der Waals surface area (Å²) in [7, 11) is 0. The smallest absolute Gasteiger partial charge is 0.313 e. The molecule has 8 aliphatic rings. The predicted octanol–water partition coefficient (Wildman–Crippen LogP) is 5.98. The Morgan fingerprint density at radius 2 is 1.65 bits per heavy atom. The molecule has 4 unspecified atom stereocenters. The number of hydrogen-bond acceptors (Lipinski definition) is 8. The summed E-state index contributed by atoms with van der Waals surface area (Å²) in [5.74, 6) is -0.890. The van der Waals surface area contributed by atoms with Gasteiger partial charge in [0.15, 0.2) is 11.4 Å². The maximum atomic E-state index is 15.3. The number of rotatable bonds is 4. The molecule has 0 aliphatic heterocycles. The summed E-state index contributed by atoms with van der Waals surface area (Å²) in [6, 6.07) is 0. The molecule has 0 bridgehead atoms. The second-order valence-electron chi connectivity index (χ2n) is 20.1. The Morgan fingerprint density at radius 3 is 2.29 bits per heavy atom. The molecule has 0 aromatic heterocycles. The fraction of sp³-hybridized carbons (Fsp3) is 0.791. The van der Waals surface area contributed by atoms with Crippen LogP contribution < -0.4 is 0 Å². The van der Waals surface area contributed by atoms with Crippen molar-refractivity contribution in [2.45, 2.75) is 124 Å². The van der Waals surface area contributed by atoms with Gasteiger partial charge in [0.2, 0.25) is 0 Å². The van der Waals surface area contributed by atoms with Crippen molar-refractivity contribution in [3.8, 4) is 0 Å². The lowest BCUT2D eigenvalue weighted by molar-refractivity contribution is -0.231. The summed E-state index contributed by atoms with van der Waals surface area (Å²) in [4.78, 5) is 41.8. The highest BCUT2D eigenvalue weighted by molar-refractivity contribution is 6.04. The SMILES string of the molecule is CC(=O)O[C@@H]1[C@@H](C)[C@@]2(O)[C@@H](C=C(CO)C[C@]3(O)C(=O)C(C)=C[C@@H]23)[C@H]2C(C)(C)[C@]12OC(=O)C12C[C@@H](C)C3[C@@H]4CC(C)CC4CC(C)=C[C@H]3[C@@H]1C2(C)C. The number of allylic oxidation sites excluding steroid dienone is 2. The maximum absolute atomic E-state index is 15.3. The molecule has 8 aliphatic carbocycles. The summed E-state index contributed by atoms with van der Waals surface area (Å²) in [6.45, 7) is 19.9. The van der Waals surface area contributed by atoms with Crippen molar-refractivity contribution in [2.75, 3.05) is 6.61 Å². The molecule has 5 fully saturated rings. The minimum Gasteiger partial charge on any atom is -0.458 e. The second kappa shape index (κ2) is 10.7. The number of aliphatic hydroxyl groups is 3. The molecule has 16 atom stereocenters. The minimum atomic E-state index is -1.95. The molecule has 51 heavy (non-hydrogen) atoms. The van der Waals surface area contributed by atoms with E-state index in [1.165, 1.54) is 25.3 Å². The van der Waals surface area contributed by atoms with E-state index in [1.54, 1.807) is 19.9 Å². The second-order valence-corrected chi connectivity index (χ2v) is 20.1. The molecule has 0 aromatic carbocycles. The first-order chi connectivity index (χ1) is 23.7. The zero-order valence-electron chi connectivity index (χ0n) is 32.3. The molecule has 8 nitrogen and oxygen atoms in total. The van der Waals surface area contributed by atoms with Crippen molar-refractivity contribution in [1.82, 2.24) is 0 Å². The highest BCUT2D eigenvalue weighted by atomic mass is 16.6. The Labute approximate surface area is 303 Å². The van der Waals surface area contributed by atoms with Gasteiger partial charge in [-0.2, -0.15) is 0 Å². The van der Waals surface area contributed by atoms with Crippen molar-refractivity contribution < 1.29 is 39.2 Å². The molecule has 0 spiro atoms. The van der Waals surface area contributed by atoms with E-state index < -0.39 is 69.2 Å². The zero-order chi connectivity index (χ0) is 37.2. The first-order valence-electron chi connectivity index (χ1n) is 19.7. The third kappa shape index (κ3) is 4.16. The molecule has 0 heterocycles. The van der Waals surface area contributed by atoms with Crippen LogP contribution in [0.2, 0.25) is 0 Å². The van der Waals surface area contributed by atoms with E-state index in [9.17, 15) is 24.9 Å². The topological polar surface area (TPSA) is 130 Å². The van der Waals surface area contributed by atoms with Gasteiger partial charge >= 0.3 is 11.9 Å². The average molecular weight is 705 g/mol. The molecule has 0 radical (unpaired) electrons. The van der Waals surface area contributed by atoms with Crippen molar-refractivity contribution in [1.29, 1.82) is 0 Å². The molecule has 0 amide bonds. The Morgan fingerprint density at radius 1 is 0.961 bits per heavy atom. The highest BCUT2D eigenvalue weighted by Gasteiger charge is 2.90. The van der Waals surface area contributed by atoms with Gasteiger partial charge in [-0.25, -0.2) is 0 Å². The van der Waals surface area contributed by atoms with Gasteiger partial charge in [-0.3, -0.25) is 14.4 Å². The Kier molecular flexibility index (Phi) is 7.48. The largest absolute Gasteiger partial charge is 0.458 e. The molecular weight excluding hydrogens is 644 g/mol. The van der Waals surface area contributed by atoms with Crippen LogP contribution in [0.15, 0.2) is 34.9 Å². The number of esters is 2. The van der Waals surface area contributed by atoms with Gasteiger partial charge in [0.25, 0.3) is 0 Å². The van der Waals surface area contributed by atoms with Crippen LogP contribution in [0.4, 0.5) is 0 Å². The van der Waals surface area contributed by atoms with E-state index in [0.29, 0.717) is 40.7 Å². The van der Waals surface area contributed by atoms with Crippen LogP contribution in [0.1, 0.15) is 101 Å². The van der Waals surface area contributed by atoms with Crippen LogP contribution in [0.3, 0.4) is 0 Å². The molecule has 8 heteroatoms. The Hall–Kier alpha value is -2.29. The van der Waals surface area contributed by atoms with Crippen LogP contribution in [0, 0.1) is 81.3 Å². The van der Waals surface area contributed by atoms with Gasteiger partial charge in [0.1, 0.15) is 11.7 Å². The predicted molar refractivity (Wildman–Crippen MR) is 190 cm³/mol. The van der Waals surface area contributed by atoms with Gasteiger partial charge < -0.3 is 24.8 Å². The molecule has 5 saturated carbocycles. The highest BCUT2D eigenvalue weighted by Crippen LogP contribution is 2.82. The first-order valence-corrected chi connectivity index (χ1v) is 19.7. The summed E-state index contributed by atoms with van der Waals surface area (Å²) in [5.41, 5.74) is -4.42. The van der Waals surface area contributed by atoms with E-state index in [4.69, 9.17) is 9.47 Å². The number of fused-ring (bicyclic) bond motifs is 10. The fourth-order valence-electron chi connectivity index (χ4n) is 14.9. The van der Waals surface area contributed by atoms with Gasteiger partial charge in [-0.05, 0) is 97.5 Å². The van der Waals surface area contributed by atoms with Gasteiger partial charge in [0.05, 0.1) is 17.6 Å². The lowest BCUT2D eigenvalue weighted by Gasteiger charge is -2.53. The molecule has 0 saturated heterocycles. The Bertz CT molecular complexity index is 1690. The van der Waals surface area contributed by atoms with Gasteiger partial charge in [0, 0.05) is 42.4 Å². The van der Waals surface area contributed by atoms with Crippen LogP contribution in [-0.2, 0) is 23.9 Å². The number of hydrogen-bond donors (Lipinski definition) is 3. The summed E-state index contributed by atoms with van der Waals surface area (Å²) >= 11 is 0. The summed E-state index contributed by atoms with van der Waals surface area (Å²) in [5, 5.41) is 35.6. The first kappa shape index (κ1) is 35.7. The van der Waals surface area contributed by atoms with Gasteiger partial charge in [-0.1, -0.05) is 72.3 Å². The Balaban J connectivity index is 1.21. The molecule has 8 rings (SSSR count). The third-order valence-electron chi connectivity index (χ3n) is 16.9. The van der Waals surface area contributed by atoms with Gasteiger partial charge in [-0.15, -0.1) is 0 Å².